The maximum absolute atomic E-state index is 12.9. The van der Waals surface area contributed by atoms with Gasteiger partial charge < -0.3 is 5.32 Å². The van der Waals surface area contributed by atoms with Crippen molar-refractivity contribution in [1.82, 2.24) is 5.32 Å². The summed E-state index contributed by atoms with van der Waals surface area (Å²) in [6.45, 7) is 4.22. The Morgan fingerprint density at radius 1 is 1.10 bits per heavy atom. The minimum Gasteiger partial charge on any atom is -0.307 e. The second-order valence-electron chi connectivity index (χ2n) is 5.17. The molecule has 2 rings (SSSR count). The Morgan fingerprint density at radius 3 is 2.45 bits per heavy atom. The van der Waals surface area contributed by atoms with Crippen molar-refractivity contribution in [2.75, 3.05) is 0 Å². The largest absolute Gasteiger partial charge is 0.307 e. The first-order chi connectivity index (χ1) is 9.54. The summed E-state index contributed by atoms with van der Waals surface area (Å²) in [5.41, 5.74) is 2.30. The minimum atomic E-state index is -0.201. The Bertz CT molecular complexity index is 553. The van der Waals surface area contributed by atoms with Crippen LogP contribution in [0.4, 0.5) is 4.39 Å². The van der Waals surface area contributed by atoms with Crippen LogP contribution in [0.3, 0.4) is 0 Å². The van der Waals surface area contributed by atoms with Crippen molar-refractivity contribution in [2.45, 2.75) is 32.4 Å². The van der Waals surface area contributed by atoms with Crippen LogP contribution in [0.5, 0.6) is 0 Å². The zero-order valence-corrected chi connectivity index (χ0v) is 12.5. The van der Waals surface area contributed by atoms with Crippen LogP contribution >= 0.6 is 11.6 Å². The molecule has 0 amide bonds. The van der Waals surface area contributed by atoms with Gasteiger partial charge in [-0.05, 0) is 55.7 Å². The number of nitrogens with one attached hydrogen (secondary N) is 1. The molecule has 0 spiro atoms. The van der Waals surface area contributed by atoms with Gasteiger partial charge in [-0.25, -0.2) is 4.39 Å². The van der Waals surface area contributed by atoms with Crippen molar-refractivity contribution in [1.29, 1.82) is 0 Å². The number of benzene rings is 2. The van der Waals surface area contributed by atoms with E-state index in [4.69, 9.17) is 11.6 Å². The predicted octanol–water partition coefficient (Wildman–Crippen LogP) is 4.76. The van der Waals surface area contributed by atoms with E-state index >= 15 is 0 Å². The summed E-state index contributed by atoms with van der Waals surface area (Å²) in [5, 5.41) is 4.28. The summed E-state index contributed by atoms with van der Waals surface area (Å²) in [5.74, 6) is -0.201. The van der Waals surface area contributed by atoms with Crippen LogP contribution in [-0.4, -0.2) is 6.04 Å². The molecular weight excluding hydrogens is 273 g/mol. The highest BCUT2D eigenvalue weighted by Gasteiger charge is 2.10. The Balaban J connectivity index is 1.93. The van der Waals surface area contributed by atoms with E-state index < -0.39 is 0 Å². The van der Waals surface area contributed by atoms with Crippen molar-refractivity contribution in [2.24, 2.45) is 0 Å². The summed E-state index contributed by atoms with van der Waals surface area (Å²) in [7, 11) is 0. The summed E-state index contributed by atoms with van der Waals surface area (Å²) in [6, 6.07) is 15.0. The molecule has 20 heavy (non-hydrogen) atoms. The second-order valence-corrected chi connectivity index (χ2v) is 5.61. The molecule has 2 unspecified atom stereocenters. The summed E-state index contributed by atoms with van der Waals surface area (Å²) >= 11 is 5.99. The molecule has 0 aliphatic carbocycles. The van der Waals surface area contributed by atoms with Crippen LogP contribution in [-0.2, 0) is 6.42 Å². The van der Waals surface area contributed by atoms with Gasteiger partial charge in [0.15, 0.2) is 0 Å². The highest BCUT2D eigenvalue weighted by atomic mass is 35.5. The molecule has 0 saturated heterocycles. The van der Waals surface area contributed by atoms with Gasteiger partial charge in [-0.3, -0.25) is 0 Å². The van der Waals surface area contributed by atoms with E-state index in [-0.39, 0.29) is 11.9 Å². The molecule has 0 radical (unpaired) electrons. The van der Waals surface area contributed by atoms with E-state index in [2.05, 4.69) is 25.2 Å². The van der Waals surface area contributed by atoms with Crippen LogP contribution in [0, 0.1) is 5.82 Å². The van der Waals surface area contributed by atoms with E-state index in [0.717, 1.165) is 17.0 Å². The van der Waals surface area contributed by atoms with Gasteiger partial charge in [0.25, 0.3) is 0 Å². The predicted molar refractivity (Wildman–Crippen MR) is 82.6 cm³/mol. The topological polar surface area (TPSA) is 12.0 Å². The molecule has 1 N–H and O–H groups in total. The second kappa shape index (κ2) is 6.87. The normalized spacial score (nSPS) is 14.0. The number of halogens is 2. The molecular formula is C17H19ClFN. The summed E-state index contributed by atoms with van der Waals surface area (Å²) in [4.78, 5) is 0. The highest BCUT2D eigenvalue weighted by molar-refractivity contribution is 6.30. The third-order valence-electron chi connectivity index (χ3n) is 3.34. The molecule has 0 fully saturated rings. The third kappa shape index (κ3) is 4.32. The van der Waals surface area contributed by atoms with Gasteiger partial charge in [0, 0.05) is 17.1 Å². The maximum Gasteiger partial charge on any atom is 0.123 e. The lowest BCUT2D eigenvalue weighted by Crippen LogP contribution is -2.30. The molecule has 2 aromatic carbocycles. The molecule has 0 bridgehead atoms. The van der Waals surface area contributed by atoms with E-state index in [1.54, 1.807) is 0 Å². The lowest BCUT2D eigenvalue weighted by Gasteiger charge is -2.20. The molecule has 0 saturated carbocycles. The zero-order chi connectivity index (χ0) is 14.5. The maximum atomic E-state index is 12.9. The lowest BCUT2D eigenvalue weighted by atomic mass is 10.0. The first kappa shape index (κ1) is 15.0. The van der Waals surface area contributed by atoms with E-state index in [1.807, 2.05) is 30.3 Å². The van der Waals surface area contributed by atoms with Gasteiger partial charge >= 0.3 is 0 Å². The van der Waals surface area contributed by atoms with E-state index in [9.17, 15) is 4.39 Å². The molecule has 0 aliphatic rings. The molecule has 1 nitrogen and oxygen atoms in total. The first-order valence-electron chi connectivity index (χ1n) is 6.80. The molecule has 0 heterocycles. The molecule has 0 aromatic heterocycles. The summed E-state index contributed by atoms with van der Waals surface area (Å²) in [6.07, 6.45) is 0.909. The molecule has 106 valence electrons. The van der Waals surface area contributed by atoms with Crippen molar-refractivity contribution in [3.63, 3.8) is 0 Å². The molecule has 2 atom stereocenters. The molecule has 3 heteroatoms. The molecule has 2 aromatic rings. The van der Waals surface area contributed by atoms with Crippen LogP contribution in [0.15, 0.2) is 48.5 Å². The Kier molecular flexibility index (Phi) is 5.16. The SMILES string of the molecule is CC(Cc1cccc(Cl)c1)NC(C)c1ccc(F)cc1. The van der Waals surface area contributed by atoms with Gasteiger partial charge in [0.05, 0.1) is 0 Å². The van der Waals surface area contributed by atoms with Gasteiger partial charge in [-0.2, -0.15) is 0 Å². The first-order valence-corrected chi connectivity index (χ1v) is 7.18. The van der Waals surface area contributed by atoms with Crippen molar-refractivity contribution in [3.05, 3.63) is 70.5 Å². The Hall–Kier alpha value is -1.38. The minimum absolute atomic E-state index is 0.185. The van der Waals surface area contributed by atoms with Crippen LogP contribution in [0.25, 0.3) is 0 Å². The summed E-state index contributed by atoms with van der Waals surface area (Å²) < 4.78 is 12.9. The highest BCUT2D eigenvalue weighted by Crippen LogP contribution is 2.16. The standard InChI is InChI=1S/C17H19ClFN/c1-12(10-14-4-3-5-16(18)11-14)20-13(2)15-6-8-17(19)9-7-15/h3-9,11-13,20H,10H2,1-2H3. The van der Waals surface area contributed by atoms with E-state index in [1.165, 1.54) is 17.7 Å². The fourth-order valence-electron chi connectivity index (χ4n) is 2.35. The smallest absolute Gasteiger partial charge is 0.123 e. The fraction of sp³-hybridized carbons (Fsp3) is 0.294. The van der Waals surface area contributed by atoms with Crippen molar-refractivity contribution < 1.29 is 4.39 Å². The monoisotopic (exact) mass is 291 g/mol. The Labute approximate surface area is 124 Å². The molecule has 0 aliphatic heterocycles. The van der Waals surface area contributed by atoms with Crippen LogP contribution in [0.1, 0.15) is 31.0 Å². The third-order valence-corrected chi connectivity index (χ3v) is 3.57. The Morgan fingerprint density at radius 2 is 1.80 bits per heavy atom. The zero-order valence-electron chi connectivity index (χ0n) is 11.7. The van der Waals surface area contributed by atoms with Gasteiger partial charge in [-0.1, -0.05) is 35.9 Å². The van der Waals surface area contributed by atoms with Crippen LogP contribution in [0.2, 0.25) is 5.02 Å². The lowest BCUT2D eigenvalue weighted by molar-refractivity contribution is 0.476. The van der Waals surface area contributed by atoms with Gasteiger partial charge in [-0.15, -0.1) is 0 Å². The average Bonchev–Trinajstić information content (AvgIpc) is 2.39. The van der Waals surface area contributed by atoms with Crippen LogP contribution < -0.4 is 5.32 Å². The fourth-order valence-corrected chi connectivity index (χ4v) is 2.56. The van der Waals surface area contributed by atoms with E-state index in [0.29, 0.717) is 6.04 Å². The number of rotatable bonds is 5. The van der Waals surface area contributed by atoms with Gasteiger partial charge in [0.2, 0.25) is 0 Å². The quantitative estimate of drug-likeness (QED) is 0.837. The van der Waals surface area contributed by atoms with Gasteiger partial charge in [0.1, 0.15) is 5.82 Å². The van der Waals surface area contributed by atoms with Crippen molar-refractivity contribution in [3.8, 4) is 0 Å². The average molecular weight is 292 g/mol. The number of hydrogen-bond acceptors (Lipinski definition) is 1. The number of hydrogen-bond donors (Lipinski definition) is 1. The van der Waals surface area contributed by atoms with Crippen molar-refractivity contribution >= 4 is 11.6 Å².